The second-order valence-corrected chi connectivity index (χ2v) is 8.12. The van der Waals surface area contributed by atoms with Gasteiger partial charge in [0, 0.05) is 23.1 Å². The number of nitrogens with one attached hydrogen (secondary N) is 1. The smallest absolute Gasteiger partial charge is 0.341 e. The number of anilines is 1. The first-order valence-electron chi connectivity index (χ1n) is 10.0. The number of fused-ring (bicyclic) bond motifs is 1. The number of amides is 1. The molecule has 0 saturated carbocycles. The third-order valence-corrected chi connectivity index (χ3v) is 6.10. The van der Waals surface area contributed by atoms with E-state index in [2.05, 4.69) is 5.32 Å². The highest BCUT2D eigenvalue weighted by molar-refractivity contribution is 7.17. The van der Waals surface area contributed by atoms with E-state index in [1.807, 2.05) is 0 Å². The Balaban J connectivity index is 1.83. The molecule has 0 bridgehead atoms. The van der Waals surface area contributed by atoms with E-state index in [1.54, 1.807) is 19.1 Å². The fourth-order valence-electron chi connectivity index (χ4n) is 3.49. The normalized spacial score (nSPS) is 13.9. The molecule has 8 heteroatoms. The highest BCUT2D eigenvalue weighted by Gasteiger charge is 2.25. The van der Waals surface area contributed by atoms with Crippen molar-refractivity contribution in [1.29, 1.82) is 0 Å². The molecule has 1 aromatic heterocycles. The number of nitro benzene ring substituents is 1. The van der Waals surface area contributed by atoms with Crippen LogP contribution in [0, 0.1) is 10.1 Å². The van der Waals surface area contributed by atoms with Crippen molar-refractivity contribution in [2.75, 3.05) is 11.9 Å². The van der Waals surface area contributed by atoms with Crippen LogP contribution in [-0.4, -0.2) is 23.4 Å². The topological polar surface area (TPSA) is 98.5 Å². The summed E-state index contributed by atoms with van der Waals surface area (Å²) in [5.41, 5.74) is 1.97. The molecule has 1 amide bonds. The molecule has 0 atom stereocenters. The predicted octanol–water partition coefficient (Wildman–Crippen LogP) is 5.14. The Labute approximate surface area is 178 Å². The molecule has 1 aliphatic rings. The van der Waals surface area contributed by atoms with Crippen molar-refractivity contribution in [3.8, 4) is 0 Å². The molecule has 0 saturated heterocycles. The standard InChI is InChI=1S/C22H24N2O5S/c1-2-29-22(26)20-17-10-5-3-4-6-11-18(17)30-21(20)23-19(25)13-12-15-8-7-9-16(14-15)24(27)28/h7-9,12-14H,2-6,10-11H2,1H3,(H,23,25)/b13-12+. The highest BCUT2D eigenvalue weighted by atomic mass is 32.1. The molecule has 2 aromatic rings. The van der Waals surface area contributed by atoms with Crippen LogP contribution < -0.4 is 5.32 Å². The summed E-state index contributed by atoms with van der Waals surface area (Å²) in [5.74, 6) is -0.810. The maximum atomic E-state index is 12.6. The van der Waals surface area contributed by atoms with Crippen molar-refractivity contribution in [2.24, 2.45) is 0 Å². The molecule has 1 aromatic carbocycles. The molecule has 0 radical (unpaired) electrons. The lowest BCUT2D eigenvalue weighted by Crippen LogP contribution is -2.13. The molecule has 3 rings (SSSR count). The molecule has 0 unspecified atom stereocenters. The quantitative estimate of drug-likeness (QED) is 0.297. The van der Waals surface area contributed by atoms with Gasteiger partial charge < -0.3 is 10.1 Å². The number of benzene rings is 1. The lowest BCUT2D eigenvalue weighted by molar-refractivity contribution is -0.384. The van der Waals surface area contributed by atoms with Gasteiger partial charge >= 0.3 is 5.97 Å². The third kappa shape index (κ3) is 5.33. The summed E-state index contributed by atoms with van der Waals surface area (Å²) < 4.78 is 5.25. The molecule has 30 heavy (non-hydrogen) atoms. The van der Waals surface area contributed by atoms with Gasteiger partial charge in [-0.15, -0.1) is 11.3 Å². The monoisotopic (exact) mass is 428 g/mol. The number of non-ortho nitro benzene ring substituents is 1. The van der Waals surface area contributed by atoms with Gasteiger partial charge in [0.15, 0.2) is 0 Å². The molecule has 0 spiro atoms. The molecule has 158 valence electrons. The third-order valence-electron chi connectivity index (χ3n) is 4.90. The fourth-order valence-corrected chi connectivity index (χ4v) is 4.77. The zero-order chi connectivity index (χ0) is 21.5. The number of nitrogens with zero attached hydrogens (tertiary/aromatic N) is 1. The van der Waals surface area contributed by atoms with E-state index in [9.17, 15) is 19.7 Å². The van der Waals surface area contributed by atoms with Crippen LogP contribution in [0.2, 0.25) is 0 Å². The fraction of sp³-hybridized carbons (Fsp3) is 0.364. The van der Waals surface area contributed by atoms with E-state index in [-0.39, 0.29) is 12.3 Å². The molecule has 7 nitrogen and oxygen atoms in total. The minimum Gasteiger partial charge on any atom is -0.462 e. The number of aryl methyl sites for hydroxylation is 1. The summed E-state index contributed by atoms with van der Waals surface area (Å²) in [7, 11) is 0. The molecule has 0 aliphatic heterocycles. The summed E-state index contributed by atoms with van der Waals surface area (Å²) >= 11 is 1.44. The zero-order valence-electron chi connectivity index (χ0n) is 16.8. The zero-order valence-corrected chi connectivity index (χ0v) is 17.6. The lowest BCUT2D eigenvalue weighted by Gasteiger charge is -2.11. The minimum absolute atomic E-state index is 0.0415. The largest absolute Gasteiger partial charge is 0.462 e. The van der Waals surface area contributed by atoms with Gasteiger partial charge in [-0.25, -0.2) is 4.79 Å². The molecular formula is C22H24N2O5S. The van der Waals surface area contributed by atoms with E-state index in [4.69, 9.17) is 4.74 Å². The number of ether oxygens (including phenoxy) is 1. The van der Waals surface area contributed by atoms with Crippen LogP contribution in [-0.2, 0) is 22.4 Å². The van der Waals surface area contributed by atoms with Gasteiger partial charge in [-0.2, -0.15) is 0 Å². The Morgan fingerprint density at radius 2 is 2.00 bits per heavy atom. The average molecular weight is 429 g/mol. The number of nitro groups is 1. The second-order valence-electron chi connectivity index (χ2n) is 7.02. The lowest BCUT2D eigenvalue weighted by atomic mass is 9.96. The van der Waals surface area contributed by atoms with Crippen molar-refractivity contribution >= 4 is 40.0 Å². The van der Waals surface area contributed by atoms with E-state index >= 15 is 0 Å². The van der Waals surface area contributed by atoms with E-state index in [1.165, 1.54) is 42.0 Å². The van der Waals surface area contributed by atoms with Crippen molar-refractivity contribution in [1.82, 2.24) is 0 Å². The van der Waals surface area contributed by atoms with Crippen molar-refractivity contribution in [3.05, 3.63) is 62.0 Å². The number of carbonyl (C=O) groups is 2. The number of esters is 1. The predicted molar refractivity (Wildman–Crippen MR) is 117 cm³/mol. The number of hydrogen-bond acceptors (Lipinski definition) is 6. The van der Waals surface area contributed by atoms with Crippen LogP contribution in [0.15, 0.2) is 30.3 Å². The Morgan fingerprint density at radius 1 is 1.23 bits per heavy atom. The first kappa shape index (κ1) is 21.7. The molecular weight excluding hydrogens is 404 g/mol. The summed E-state index contributed by atoms with van der Waals surface area (Å²) in [5, 5.41) is 14.2. The molecule has 1 aliphatic carbocycles. The molecule has 0 fully saturated rings. The van der Waals surface area contributed by atoms with Gasteiger partial charge in [0.25, 0.3) is 5.69 Å². The Kier molecular flexibility index (Phi) is 7.35. The minimum atomic E-state index is -0.482. The van der Waals surface area contributed by atoms with Crippen LogP contribution >= 0.6 is 11.3 Å². The highest BCUT2D eigenvalue weighted by Crippen LogP contribution is 2.37. The summed E-state index contributed by atoms with van der Waals surface area (Å²) in [6.45, 7) is 2.03. The Morgan fingerprint density at radius 3 is 2.73 bits per heavy atom. The molecule has 1 N–H and O–H groups in total. The van der Waals surface area contributed by atoms with Crippen molar-refractivity contribution in [3.63, 3.8) is 0 Å². The van der Waals surface area contributed by atoms with Gasteiger partial charge in [0.05, 0.1) is 17.1 Å². The Hall–Kier alpha value is -3.00. The van der Waals surface area contributed by atoms with E-state index in [0.717, 1.165) is 42.5 Å². The Bertz CT molecular complexity index is 980. The van der Waals surface area contributed by atoms with Crippen LogP contribution in [0.25, 0.3) is 6.08 Å². The first-order valence-corrected chi connectivity index (χ1v) is 10.9. The number of hydrogen-bond donors (Lipinski definition) is 1. The SMILES string of the molecule is CCOC(=O)c1c(NC(=O)/C=C/c2cccc([N+](=O)[O-])c2)sc2c1CCCCCC2. The first-order chi connectivity index (χ1) is 14.5. The van der Waals surface area contributed by atoms with Crippen molar-refractivity contribution in [2.45, 2.75) is 45.4 Å². The van der Waals surface area contributed by atoms with Gasteiger partial charge in [-0.3, -0.25) is 14.9 Å². The number of carbonyl (C=O) groups excluding carboxylic acids is 2. The number of rotatable bonds is 6. The van der Waals surface area contributed by atoms with Crippen LogP contribution in [0.5, 0.6) is 0 Å². The van der Waals surface area contributed by atoms with Crippen LogP contribution in [0.1, 0.15) is 59.0 Å². The maximum absolute atomic E-state index is 12.6. The van der Waals surface area contributed by atoms with Gasteiger partial charge in [-0.1, -0.05) is 25.0 Å². The second kappa shape index (κ2) is 10.2. The van der Waals surface area contributed by atoms with Gasteiger partial charge in [0.2, 0.25) is 5.91 Å². The van der Waals surface area contributed by atoms with Gasteiger partial charge in [-0.05, 0) is 49.8 Å². The average Bonchev–Trinajstić information content (AvgIpc) is 3.02. The van der Waals surface area contributed by atoms with Crippen LogP contribution in [0.4, 0.5) is 10.7 Å². The summed E-state index contributed by atoms with van der Waals surface area (Å²) in [4.78, 5) is 36.7. The molecule has 1 heterocycles. The number of thiophene rings is 1. The van der Waals surface area contributed by atoms with E-state index < -0.39 is 16.8 Å². The van der Waals surface area contributed by atoms with Gasteiger partial charge in [0.1, 0.15) is 5.00 Å². The van der Waals surface area contributed by atoms with Crippen LogP contribution in [0.3, 0.4) is 0 Å². The summed E-state index contributed by atoms with van der Waals surface area (Å²) in [6, 6.07) is 6.03. The summed E-state index contributed by atoms with van der Waals surface area (Å²) in [6.07, 6.45) is 8.89. The van der Waals surface area contributed by atoms with Crippen molar-refractivity contribution < 1.29 is 19.2 Å². The maximum Gasteiger partial charge on any atom is 0.341 e. The van der Waals surface area contributed by atoms with E-state index in [0.29, 0.717) is 16.1 Å².